The van der Waals surface area contributed by atoms with E-state index < -0.39 is 6.03 Å². The summed E-state index contributed by atoms with van der Waals surface area (Å²) in [5.41, 5.74) is 4.95. The quantitative estimate of drug-likeness (QED) is 0.545. The summed E-state index contributed by atoms with van der Waals surface area (Å²) in [5.74, 6) is 1.54. The maximum absolute atomic E-state index is 10.5. The second-order valence-corrected chi connectivity index (χ2v) is 4.27. The number of aryl methyl sites for hydroxylation is 1. The van der Waals surface area contributed by atoms with Gasteiger partial charge in [0.2, 0.25) is 0 Å². The molecule has 6 nitrogen and oxygen atoms in total. The third-order valence-corrected chi connectivity index (χ3v) is 2.35. The van der Waals surface area contributed by atoms with E-state index in [0.717, 1.165) is 29.1 Å². The molecule has 0 spiro atoms. The molecular weight excluding hydrogens is 286 g/mol. The van der Waals surface area contributed by atoms with Crippen LogP contribution in [0.5, 0.6) is 0 Å². The van der Waals surface area contributed by atoms with E-state index in [1.54, 1.807) is 6.07 Å². The lowest BCUT2D eigenvalue weighted by atomic mass is 10.3. The van der Waals surface area contributed by atoms with Crippen LogP contribution >= 0.6 is 15.9 Å². The zero-order chi connectivity index (χ0) is 12.7. The van der Waals surface area contributed by atoms with Gasteiger partial charge in [-0.15, -0.1) is 0 Å². The molecule has 2 amide bonds. The number of hydrogen-bond acceptors (Lipinski definition) is 4. The van der Waals surface area contributed by atoms with Crippen molar-refractivity contribution in [3.63, 3.8) is 0 Å². The Balaban J connectivity index is 2.49. The van der Waals surface area contributed by atoms with E-state index in [2.05, 4.69) is 43.5 Å². The molecule has 0 aliphatic rings. The van der Waals surface area contributed by atoms with Crippen molar-refractivity contribution in [2.75, 3.05) is 18.4 Å². The van der Waals surface area contributed by atoms with Crippen molar-refractivity contribution < 1.29 is 4.79 Å². The van der Waals surface area contributed by atoms with Crippen molar-refractivity contribution in [3.8, 4) is 0 Å². The third kappa shape index (κ3) is 5.48. The number of amides is 2. The first kappa shape index (κ1) is 13.7. The van der Waals surface area contributed by atoms with Gasteiger partial charge >= 0.3 is 6.03 Å². The number of nitrogens with two attached hydrogens (primary N) is 1. The molecule has 0 bridgehead atoms. The van der Waals surface area contributed by atoms with Gasteiger partial charge < -0.3 is 16.4 Å². The van der Waals surface area contributed by atoms with Crippen LogP contribution in [0.15, 0.2) is 10.7 Å². The minimum absolute atomic E-state index is 0.458. The number of nitrogens with zero attached hydrogens (tertiary/aromatic N) is 2. The molecule has 1 aromatic heterocycles. The molecule has 94 valence electrons. The van der Waals surface area contributed by atoms with E-state index in [4.69, 9.17) is 5.73 Å². The fourth-order valence-corrected chi connectivity index (χ4v) is 1.69. The number of halogens is 1. The number of urea groups is 1. The van der Waals surface area contributed by atoms with Crippen LogP contribution in [0.1, 0.15) is 19.2 Å². The fraction of sp³-hybridized carbons (Fsp3) is 0.500. The molecule has 0 aromatic carbocycles. The highest BCUT2D eigenvalue weighted by Crippen LogP contribution is 2.12. The van der Waals surface area contributed by atoms with Crippen molar-refractivity contribution in [2.45, 2.75) is 19.8 Å². The minimum Gasteiger partial charge on any atom is -0.368 e. The molecule has 17 heavy (non-hydrogen) atoms. The number of carbonyl (C=O) groups excluding carboxylic acids is 1. The van der Waals surface area contributed by atoms with Crippen molar-refractivity contribution in [3.05, 3.63) is 16.5 Å². The number of carbonyl (C=O) groups is 1. The van der Waals surface area contributed by atoms with Crippen molar-refractivity contribution in [1.82, 2.24) is 15.3 Å². The molecule has 1 rings (SSSR count). The van der Waals surface area contributed by atoms with Crippen LogP contribution < -0.4 is 16.4 Å². The Morgan fingerprint density at radius 1 is 1.47 bits per heavy atom. The molecule has 1 aromatic rings. The molecule has 0 unspecified atom stereocenters. The lowest BCUT2D eigenvalue weighted by Crippen LogP contribution is -2.33. The second kappa shape index (κ2) is 7.05. The van der Waals surface area contributed by atoms with Gasteiger partial charge in [0.05, 0.1) is 0 Å². The molecule has 0 atom stereocenters. The summed E-state index contributed by atoms with van der Waals surface area (Å²) in [6.45, 7) is 3.10. The molecule has 0 saturated heterocycles. The molecule has 0 fully saturated rings. The minimum atomic E-state index is -0.526. The molecule has 0 aliphatic heterocycles. The monoisotopic (exact) mass is 301 g/mol. The summed E-state index contributed by atoms with van der Waals surface area (Å²) >= 11 is 3.33. The predicted octanol–water partition coefficient (Wildman–Crippen LogP) is 1.27. The lowest BCUT2D eigenvalue weighted by molar-refractivity contribution is 0.249. The lowest BCUT2D eigenvalue weighted by Gasteiger charge is -2.07. The van der Waals surface area contributed by atoms with Gasteiger partial charge in [-0.2, -0.15) is 0 Å². The zero-order valence-electron chi connectivity index (χ0n) is 9.66. The Morgan fingerprint density at radius 3 is 2.88 bits per heavy atom. The first-order valence-electron chi connectivity index (χ1n) is 5.42. The highest BCUT2D eigenvalue weighted by atomic mass is 79.9. The number of nitrogens with one attached hydrogen (secondary N) is 2. The van der Waals surface area contributed by atoms with Gasteiger partial charge in [-0.25, -0.2) is 14.8 Å². The highest BCUT2D eigenvalue weighted by molar-refractivity contribution is 9.10. The van der Waals surface area contributed by atoms with Gasteiger partial charge in [-0.1, -0.05) is 6.92 Å². The zero-order valence-corrected chi connectivity index (χ0v) is 11.2. The summed E-state index contributed by atoms with van der Waals surface area (Å²) in [6, 6.07) is 1.27. The molecular formula is C10H16BrN5O. The number of hydrogen-bond donors (Lipinski definition) is 3. The fourth-order valence-electron chi connectivity index (χ4n) is 1.27. The van der Waals surface area contributed by atoms with Gasteiger partial charge in [-0.05, 0) is 22.4 Å². The van der Waals surface area contributed by atoms with E-state index in [9.17, 15) is 4.79 Å². The Bertz CT molecular complexity index is 385. The summed E-state index contributed by atoms with van der Waals surface area (Å²) in [6.07, 6.45) is 1.84. The Kier molecular flexibility index (Phi) is 5.68. The molecule has 4 N–H and O–H groups in total. The van der Waals surface area contributed by atoms with Crippen molar-refractivity contribution in [1.29, 1.82) is 0 Å². The summed E-state index contributed by atoms with van der Waals surface area (Å²) < 4.78 is 0.751. The summed E-state index contributed by atoms with van der Waals surface area (Å²) in [4.78, 5) is 19.1. The summed E-state index contributed by atoms with van der Waals surface area (Å²) in [7, 11) is 0. The normalized spacial score (nSPS) is 10.0. The Hall–Kier alpha value is -1.37. The Morgan fingerprint density at radius 2 is 2.24 bits per heavy atom. The highest BCUT2D eigenvalue weighted by Gasteiger charge is 2.02. The van der Waals surface area contributed by atoms with Crippen LogP contribution in [0, 0.1) is 0 Å². The maximum atomic E-state index is 10.5. The van der Waals surface area contributed by atoms with Crippen LogP contribution in [0.3, 0.4) is 0 Å². The Labute approximate surface area is 109 Å². The molecule has 0 saturated carbocycles. The van der Waals surface area contributed by atoms with Gasteiger partial charge in [-0.3, -0.25) is 0 Å². The smallest absolute Gasteiger partial charge is 0.312 e. The van der Waals surface area contributed by atoms with E-state index in [1.165, 1.54) is 0 Å². The third-order valence-electron chi connectivity index (χ3n) is 1.95. The van der Waals surface area contributed by atoms with Crippen LogP contribution in [-0.4, -0.2) is 29.1 Å². The summed E-state index contributed by atoms with van der Waals surface area (Å²) in [5, 5.41) is 5.58. The van der Waals surface area contributed by atoms with E-state index >= 15 is 0 Å². The van der Waals surface area contributed by atoms with Gasteiger partial charge in [0.1, 0.15) is 16.2 Å². The van der Waals surface area contributed by atoms with Gasteiger partial charge in [0, 0.05) is 25.6 Å². The molecule has 0 aliphatic carbocycles. The first-order valence-corrected chi connectivity index (χ1v) is 6.21. The standard InChI is InChI=1S/C10H16BrN5O/c1-2-3-8-15-7(11)6-9(16-8)13-4-5-14-10(12)17/h6H,2-5H2,1H3,(H3,12,14,17)(H,13,15,16). The van der Waals surface area contributed by atoms with Crippen molar-refractivity contribution >= 4 is 27.8 Å². The largest absolute Gasteiger partial charge is 0.368 e. The van der Waals surface area contributed by atoms with Gasteiger partial charge in [0.15, 0.2) is 0 Å². The van der Waals surface area contributed by atoms with Crippen molar-refractivity contribution in [2.24, 2.45) is 5.73 Å². The first-order chi connectivity index (χ1) is 8.11. The molecule has 0 radical (unpaired) electrons. The maximum Gasteiger partial charge on any atom is 0.312 e. The van der Waals surface area contributed by atoms with E-state index in [-0.39, 0.29) is 0 Å². The topological polar surface area (TPSA) is 92.9 Å². The average molecular weight is 302 g/mol. The predicted molar refractivity (Wildman–Crippen MR) is 69.8 cm³/mol. The van der Waals surface area contributed by atoms with E-state index in [0.29, 0.717) is 13.1 Å². The number of rotatable bonds is 6. The number of anilines is 1. The van der Waals surface area contributed by atoms with Crippen LogP contribution in [0.25, 0.3) is 0 Å². The number of aromatic nitrogens is 2. The molecule has 7 heteroatoms. The van der Waals surface area contributed by atoms with E-state index in [1.807, 2.05) is 0 Å². The SMILES string of the molecule is CCCc1nc(Br)cc(NCCNC(N)=O)n1. The van der Waals surface area contributed by atoms with Crippen LogP contribution in [0.2, 0.25) is 0 Å². The van der Waals surface area contributed by atoms with Gasteiger partial charge in [0.25, 0.3) is 0 Å². The molecule has 1 heterocycles. The second-order valence-electron chi connectivity index (χ2n) is 3.46. The number of primary amides is 1. The average Bonchev–Trinajstić information content (AvgIpc) is 2.24. The van der Waals surface area contributed by atoms with Crippen LogP contribution in [-0.2, 0) is 6.42 Å². The van der Waals surface area contributed by atoms with Crippen LogP contribution in [0.4, 0.5) is 10.6 Å².